The number of carbonyl (C=O) groups is 1. The molecule has 0 saturated heterocycles. The number of rotatable bonds is 5. The van der Waals surface area contributed by atoms with Gasteiger partial charge in [0.15, 0.2) is 5.78 Å². The minimum atomic E-state index is 0.130. The third kappa shape index (κ3) is 3.17. The summed E-state index contributed by atoms with van der Waals surface area (Å²) >= 11 is 1.61. The van der Waals surface area contributed by atoms with Crippen molar-refractivity contribution in [2.24, 2.45) is 0 Å². The smallest absolute Gasteiger partial charge is 0.167 e. The van der Waals surface area contributed by atoms with Gasteiger partial charge in [0.25, 0.3) is 0 Å². The van der Waals surface area contributed by atoms with E-state index in [1.54, 1.807) is 17.4 Å². The molecule has 0 aliphatic carbocycles. The number of ether oxygens (including phenoxy) is 1. The van der Waals surface area contributed by atoms with Crippen LogP contribution in [0.2, 0.25) is 0 Å². The molecule has 3 heteroatoms. The average molecular weight is 246 g/mol. The van der Waals surface area contributed by atoms with E-state index >= 15 is 0 Å². The lowest BCUT2D eigenvalue weighted by molar-refractivity contribution is 0.0992. The summed E-state index contributed by atoms with van der Waals surface area (Å²) in [4.78, 5) is 12.0. The van der Waals surface area contributed by atoms with Gasteiger partial charge >= 0.3 is 0 Å². The van der Waals surface area contributed by atoms with Gasteiger partial charge in [-0.1, -0.05) is 12.1 Å². The number of carbonyl (C=O) groups excluding carboxylic acids is 1. The van der Waals surface area contributed by atoms with Gasteiger partial charge in [0.1, 0.15) is 5.75 Å². The Morgan fingerprint density at radius 3 is 2.94 bits per heavy atom. The molecule has 0 N–H and O–H groups in total. The molecule has 0 saturated carbocycles. The highest BCUT2D eigenvalue weighted by molar-refractivity contribution is 7.08. The van der Waals surface area contributed by atoms with Crippen LogP contribution in [0.5, 0.6) is 5.75 Å². The van der Waals surface area contributed by atoms with E-state index in [4.69, 9.17) is 4.74 Å². The van der Waals surface area contributed by atoms with Gasteiger partial charge in [-0.25, -0.2) is 0 Å². The fraction of sp³-hybridized carbons (Fsp3) is 0.214. The molecule has 0 spiro atoms. The number of benzene rings is 1. The zero-order valence-electron chi connectivity index (χ0n) is 9.68. The largest absolute Gasteiger partial charge is 0.494 e. The van der Waals surface area contributed by atoms with Crippen LogP contribution in [0.25, 0.3) is 0 Å². The lowest BCUT2D eigenvalue weighted by atomic mass is 10.1. The average Bonchev–Trinajstić information content (AvgIpc) is 2.83. The second-order valence-electron chi connectivity index (χ2n) is 3.69. The molecule has 0 atom stereocenters. The van der Waals surface area contributed by atoms with Gasteiger partial charge in [-0.15, -0.1) is 0 Å². The molecule has 0 amide bonds. The molecular weight excluding hydrogens is 232 g/mol. The van der Waals surface area contributed by atoms with Crippen molar-refractivity contribution in [1.82, 2.24) is 0 Å². The first kappa shape index (κ1) is 11.9. The van der Waals surface area contributed by atoms with Crippen LogP contribution in [0.3, 0.4) is 0 Å². The maximum Gasteiger partial charge on any atom is 0.167 e. The van der Waals surface area contributed by atoms with Crippen LogP contribution in [-0.4, -0.2) is 12.4 Å². The summed E-state index contributed by atoms with van der Waals surface area (Å²) in [6, 6.07) is 9.33. The first-order chi connectivity index (χ1) is 8.29. The maximum atomic E-state index is 12.0. The van der Waals surface area contributed by atoms with Gasteiger partial charge in [-0.3, -0.25) is 4.79 Å². The standard InChI is InChI=1S/C14H14O2S/c1-2-16-13-5-3-4-12(9-13)14(15)8-11-6-7-17-10-11/h3-7,9-10H,2,8H2,1H3. The molecule has 1 aromatic heterocycles. The number of Topliss-reactive ketones (excluding diaryl/α,β-unsaturated/α-hetero) is 1. The Balaban J connectivity index is 2.11. The monoisotopic (exact) mass is 246 g/mol. The van der Waals surface area contributed by atoms with Crippen LogP contribution < -0.4 is 4.74 Å². The van der Waals surface area contributed by atoms with E-state index in [0.717, 1.165) is 11.3 Å². The summed E-state index contributed by atoms with van der Waals surface area (Å²) in [5, 5.41) is 3.99. The van der Waals surface area contributed by atoms with Crippen molar-refractivity contribution in [3.63, 3.8) is 0 Å². The number of hydrogen-bond donors (Lipinski definition) is 0. The fourth-order valence-corrected chi connectivity index (χ4v) is 2.28. The summed E-state index contributed by atoms with van der Waals surface area (Å²) < 4.78 is 5.38. The highest BCUT2D eigenvalue weighted by Crippen LogP contribution is 2.16. The molecule has 1 aromatic carbocycles. The third-order valence-electron chi connectivity index (χ3n) is 2.41. The van der Waals surface area contributed by atoms with Crippen molar-refractivity contribution in [2.45, 2.75) is 13.3 Å². The predicted octanol–water partition coefficient (Wildman–Crippen LogP) is 3.57. The van der Waals surface area contributed by atoms with Crippen LogP contribution in [0.1, 0.15) is 22.8 Å². The van der Waals surface area contributed by atoms with E-state index in [1.807, 2.05) is 41.9 Å². The summed E-state index contributed by atoms with van der Waals surface area (Å²) in [5.41, 5.74) is 1.78. The van der Waals surface area contributed by atoms with Crippen molar-refractivity contribution in [1.29, 1.82) is 0 Å². The Labute approximate surface area is 105 Å². The summed E-state index contributed by atoms with van der Waals surface area (Å²) in [6.45, 7) is 2.54. The molecule has 2 aromatic rings. The first-order valence-corrected chi connectivity index (χ1v) is 6.51. The van der Waals surface area contributed by atoms with Gasteiger partial charge in [0, 0.05) is 12.0 Å². The number of hydrogen-bond acceptors (Lipinski definition) is 3. The quantitative estimate of drug-likeness (QED) is 0.754. The zero-order valence-corrected chi connectivity index (χ0v) is 10.5. The van der Waals surface area contributed by atoms with E-state index in [1.165, 1.54) is 0 Å². The normalized spacial score (nSPS) is 10.2. The molecule has 0 bridgehead atoms. The molecule has 0 unspecified atom stereocenters. The van der Waals surface area contributed by atoms with E-state index < -0.39 is 0 Å². The molecule has 1 heterocycles. The lowest BCUT2D eigenvalue weighted by Crippen LogP contribution is -2.03. The Kier molecular flexibility index (Phi) is 3.94. The maximum absolute atomic E-state index is 12.0. The van der Waals surface area contributed by atoms with E-state index in [-0.39, 0.29) is 5.78 Å². The van der Waals surface area contributed by atoms with Crippen molar-refractivity contribution >= 4 is 17.1 Å². The van der Waals surface area contributed by atoms with Gasteiger partial charge < -0.3 is 4.74 Å². The van der Waals surface area contributed by atoms with E-state index in [2.05, 4.69) is 0 Å². The molecule has 2 rings (SSSR count). The van der Waals surface area contributed by atoms with E-state index in [0.29, 0.717) is 18.6 Å². The second kappa shape index (κ2) is 5.64. The summed E-state index contributed by atoms with van der Waals surface area (Å²) in [6.07, 6.45) is 0.457. The van der Waals surface area contributed by atoms with Crippen LogP contribution >= 0.6 is 11.3 Å². The Bertz CT molecular complexity index is 489. The minimum Gasteiger partial charge on any atom is -0.494 e. The molecule has 0 aliphatic heterocycles. The summed E-state index contributed by atoms with van der Waals surface area (Å²) in [7, 11) is 0. The van der Waals surface area contributed by atoms with Gasteiger partial charge in [-0.05, 0) is 41.4 Å². The van der Waals surface area contributed by atoms with Crippen LogP contribution in [-0.2, 0) is 6.42 Å². The number of ketones is 1. The van der Waals surface area contributed by atoms with Crippen LogP contribution in [0, 0.1) is 0 Å². The van der Waals surface area contributed by atoms with Crippen molar-refractivity contribution in [2.75, 3.05) is 6.61 Å². The summed E-state index contributed by atoms with van der Waals surface area (Å²) in [5.74, 6) is 0.883. The molecule has 17 heavy (non-hydrogen) atoms. The van der Waals surface area contributed by atoms with Crippen molar-refractivity contribution < 1.29 is 9.53 Å². The SMILES string of the molecule is CCOc1cccc(C(=O)Cc2ccsc2)c1. The van der Waals surface area contributed by atoms with E-state index in [9.17, 15) is 4.79 Å². The molecule has 88 valence electrons. The Morgan fingerprint density at radius 2 is 2.24 bits per heavy atom. The van der Waals surface area contributed by atoms with Gasteiger partial charge in [-0.2, -0.15) is 11.3 Å². The molecule has 0 radical (unpaired) electrons. The third-order valence-corrected chi connectivity index (χ3v) is 3.14. The fourth-order valence-electron chi connectivity index (χ4n) is 1.61. The number of thiophene rings is 1. The Hall–Kier alpha value is -1.61. The molecule has 2 nitrogen and oxygen atoms in total. The van der Waals surface area contributed by atoms with Crippen molar-refractivity contribution in [3.8, 4) is 5.75 Å². The van der Waals surface area contributed by atoms with Gasteiger partial charge in [0.2, 0.25) is 0 Å². The topological polar surface area (TPSA) is 26.3 Å². The Morgan fingerprint density at radius 1 is 1.35 bits per heavy atom. The zero-order chi connectivity index (χ0) is 12.1. The molecule has 0 aliphatic rings. The highest BCUT2D eigenvalue weighted by Gasteiger charge is 2.08. The van der Waals surface area contributed by atoms with Crippen LogP contribution in [0.15, 0.2) is 41.1 Å². The first-order valence-electron chi connectivity index (χ1n) is 5.56. The molecule has 0 fully saturated rings. The lowest BCUT2D eigenvalue weighted by Gasteiger charge is -2.05. The second-order valence-corrected chi connectivity index (χ2v) is 4.47. The van der Waals surface area contributed by atoms with Gasteiger partial charge in [0.05, 0.1) is 6.61 Å². The highest BCUT2D eigenvalue weighted by atomic mass is 32.1. The minimum absolute atomic E-state index is 0.130. The van der Waals surface area contributed by atoms with Crippen LogP contribution in [0.4, 0.5) is 0 Å². The van der Waals surface area contributed by atoms with Crippen molar-refractivity contribution in [3.05, 3.63) is 52.2 Å². The molecular formula is C14H14O2S. The predicted molar refractivity (Wildman–Crippen MR) is 70.0 cm³/mol.